The van der Waals surface area contributed by atoms with E-state index in [1.165, 1.54) is 12.1 Å². The van der Waals surface area contributed by atoms with E-state index in [1.807, 2.05) is 0 Å². The number of nitrogens with one attached hydrogen (secondary N) is 1. The molecule has 8 heteroatoms. The van der Waals surface area contributed by atoms with E-state index >= 15 is 0 Å². The zero-order chi connectivity index (χ0) is 18.4. The van der Waals surface area contributed by atoms with Crippen LogP contribution in [0.2, 0.25) is 0 Å². The molecule has 0 atom stereocenters. The fourth-order valence-electron chi connectivity index (χ4n) is 1.94. The monoisotopic (exact) mass is 355 g/mol. The summed E-state index contributed by atoms with van der Waals surface area (Å²) in [6.45, 7) is -0.622. The number of amides is 1. The maximum Gasteiger partial charge on any atom is 0.307 e. The Morgan fingerprint density at radius 3 is 2.48 bits per heavy atom. The molecule has 2 aromatic carbocycles. The van der Waals surface area contributed by atoms with Gasteiger partial charge >= 0.3 is 5.97 Å². The third-order valence-corrected chi connectivity index (χ3v) is 3.21. The van der Waals surface area contributed by atoms with Gasteiger partial charge in [0.05, 0.1) is 12.0 Å². The van der Waals surface area contributed by atoms with Crippen LogP contribution in [0.1, 0.15) is 22.3 Å². The predicted octanol–water partition coefficient (Wildman–Crippen LogP) is 3.11. The van der Waals surface area contributed by atoms with Gasteiger partial charge in [-0.1, -0.05) is 12.1 Å². The van der Waals surface area contributed by atoms with Crippen LogP contribution in [-0.2, 0) is 16.1 Å². The van der Waals surface area contributed by atoms with E-state index in [-0.39, 0.29) is 24.1 Å². The van der Waals surface area contributed by atoms with Gasteiger partial charge in [-0.3, -0.25) is 9.59 Å². The largest absolute Gasteiger partial charge is 0.461 e. The molecule has 0 bridgehead atoms. The molecular formula is C17H13F4NO3. The molecule has 132 valence electrons. The van der Waals surface area contributed by atoms with E-state index < -0.39 is 41.8 Å². The molecule has 0 aliphatic heterocycles. The minimum atomic E-state index is -1.10. The number of benzene rings is 2. The number of esters is 1. The van der Waals surface area contributed by atoms with Crippen molar-refractivity contribution >= 4 is 11.9 Å². The zero-order valence-electron chi connectivity index (χ0n) is 12.8. The predicted molar refractivity (Wildman–Crippen MR) is 79.5 cm³/mol. The Morgan fingerprint density at radius 1 is 1.00 bits per heavy atom. The molecule has 0 unspecified atom stereocenters. The minimum absolute atomic E-state index is 0.120. The van der Waals surface area contributed by atoms with Crippen molar-refractivity contribution in [1.82, 2.24) is 5.32 Å². The number of ether oxygens (including phenoxy) is 1. The first-order valence-electron chi connectivity index (χ1n) is 7.20. The van der Waals surface area contributed by atoms with Gasteiger partial charge in [0, 0.05) is 18.2 Å². The highest BCUT2D eigenvalue weighted by Crippen LogP contribution is 2.12. The smallest absolute Gasteiger partial charge is 0.307 e. The molecule has 0 aliphatic carbocycles. The molecule has 4 nitrogen and oxygen atoms in total. The number of carbonyl (C=O) groups is 2. The van der Waals surface area contributed by atoms with E-state index in [9.17, 15) is 27.2 Å². The van der Waals surface area contributed by atoms with Gasteiger partial charge in [-0.25, -0.2) is 17.6 Å². The van der Waals surface area contributed by atoms with E-state index in [0.29, 0.717) is 6.07 Å². The lowest BCUT2D eigenvalue weighted by atomic mass is 10.2. The van der Waals surface area contributed by atoms with Gasteiger partial charge in [-0.05, 0) is 18.2 Å². The SMILES string of the molecule is O=C(CCNC(=O)c1ccc(F)cc1F)OCc1cccc(F)c1F. The van der Waals surface area contributed by atoms with E-state index in [4.69, 9.17) is 4.74 Å². The Morgan fingerprint density at radius 2 is 1.76 bits per heavy atom. The van der Waals surface area contributed by atoms with Crippen LogP contribution in [0.4, 0.5) is 17.6 Å². The molecule has 2 aromatic rings. The highest BCUT2D eigenvalue weighted by atomic mass is 19.2. The normalized spacial score (nSPS) is 10.4. The molecule has 1 N–H and O–H groups in total. The second-order valence-electron chi connectivity index (χ2n) is 5.00. The van der Waals surface area contributed by atoms with Crippen molar-refractivity contribution in [2.24, 2.45) is 0 Å². The average Bonchev–Trinajstić information content (AvgIpc) is 2.56. The molecule has 0 radical (unpaired) electrons. The summed E-state index contributed by atoms with van der Waals surface area (Å²) >= 11 is 0. The Labute approximate surface area is 140 Å². The van der Waals surface area contributed by atoms with Crippen molar-refractivity contribution in [3.63, 3.8) is 0 Å². The molecule has 0 fully saturated rings. The molecule has 0 aromatic heterocycles. The van der Waals surface area contributed by atoms with Crippen LogP contribution in [0.5, 0.6) is 0 Å². The lowest BCUT2D eigenvalue weighted by molar-refractivity contribution is -0.144. The molecule has 0 saturated carbocycles. The second-order valence-corrected chi connectivity index (χ2v) is 5.00. The quantitative estimate of drug-likeness (QED) is 0.640. The van der Waals surface area contributed by atoms with Crippen molar-refractivity contribution in [3.05, 3.63) is 70.8 Å². The number of carbonyl (C=O) groups excluding carboxylic acids is 2. The zero-order valence-corrected chi connectivity index (χ0v) is 12.8. The average molecular weight is 355 g/mol. The van der Waals surface area contributed by atoms with Gasteiger partial charge in [0.15, 0.2) is 11.6 Å². The van der Waals surface area contributed by atoms with Crippen molar-refractivity contribution in [2.75, 3.05) is 6.54 Å². The highest BCUT2D eigenvalue weighted by Gasteiger charge is 2.14. The Balaban J connectivity index is 1.78. The Kier molecular flexibility index (Phi) is 6.10. The molecule has 1 amide bonds. The number of hydrogen-bond donors (Lipinski definition) is 1. The lowest BCUT2D eigenvalue weighted by Crippen LogP contribution is -2.27. The molecule has 0 saturated heterocycles. The topological polar surface area (TPSA) is 55.4 Å². The summed E-state index contributed by atoms with van der Waals surface area (Å²) in [5.41, 5.74) is -0.484. The summed E-state index contributed by atoms with van der Waals surface area (Å²) in [5.74, 6) is -5.58. The molecule has 25 heavy (non-hydrogen) atoms. The van der Waals surface area contributed by atoms with Crippen LogP contribution < -0.4 is 5.32 Å². The molecule has 0 spiro atoms. The van der Waals surface area contributed by atoms with Gasteiger partial charge in [-0.2, -0.15) is 0 Å². The molecule has 0 heterocycles. The van der Waals surface area contributed by atoms with Crippen LogP contribution >= 0.6 is 0 Å². The van der Waals surface area contributed by atoms with Crippen LogP contribution in [0.15, 0.2) is 36.4 Å². The first-order valence-corrected chi connectivity index (χ1v) is 7.20. The van der Waals surface area contributed by atoms with Crippen LogP contribution in [0.25, 0.3) is 0 Å². The molecule has 2 rings (SSSR count). The highest BCUT2D eigenvalue weighted by molar-refractivity contribution is 5.94. The Bertz CT molecular complexity index is 795. The summed E-state index contributed by atoms with van der Waals surface area (Å²) in [4.78, 5) is 23.2. The number of halogens is 4. The van der Waals surface area contributed by atoms with Gasteiger partial charge in [0.1, 0.15) is 18.2 Å². The van der Waals surface area contributed by atoms with Crippen LogP contribution in [-0.4, -0.2) is 18.4 Å². The summed E-state index contributed by atoms with van der Waals surface area (Å²) in [7, 11) is 0. The Hall–Kier alpha value is -2.90. The maximum absolute atomic E-state index is 13.4. The van der Waals surface area contributed by atoms with Gasteiger partial charge in [-0.15, -0.1) is 0 Å². The summed E-state index contributed by atoms with van der Waals surface area (Å²) < 4.78 is 57.3. The van der Waals surface area contributed by atoms with Gasteiger partial charge in [0.2, 0.25) is 0 Å². The number of hydrogen-bond acceptors (Lipinski definition) is 3. The van der Waals surface area contributed by atoms with Crippen molar-refractivity contribution in [3.8, 4) is 0 Å². The standard InChI is InChI=1S/C17H13F4NO3/c18-11-4-5-12(14(20)8-11)17(24)22-7-6-15(23)25-9-10-2-1-3-13(19)16(10)21/h1-5,8H,6-7,9H2,(H,22,24). The summed E-state index contributed by atoms with van der Waals surface area (Å²) in [5, 5.41) is 2.27. The van der Waals surface area contributed by atoms with Gasteiger partial charge < -0.3 is 10.1 Å². The fourth-order valence-corrected chi connectivity index (χ4v) is 1.94. The summed E-state index contributed by atoms with van der Waals surface area (Å²) in [6.07, 6.45) is -0.258. The minimum Gasteiger partial charge on any atom is -0.461 e. The fraction of sp³-hybridized carbons (Fsp3) is 0.176. The van der Waals surface area contributed by atoms with Crippen LogP contribution in [0, 0.1) is 23.3 Å². The van der Waals surface area contributed by atoms with Crippen molar-refractivity contribution < 1.29 is 31.9 Å². The third-order valence-electron chi connectivity index (χ3n) is 3.21. The van der Waals surface area contributed by atoms with E-state index in [2.05, 4.69) is 5.32 Å². The lowest BCUT2D eigenvalue weighted by Gasteiger charge is -2.08. The first kappa shape index (κ1) is 18.4. The molecular weight excluding hydrogens is 342 g/mol. The maximum atomic E-state index is 13.4. The molecule has 0 aliphatic rings. The van der Waals surface area contributed by atoms with Gasteiger partial charge in [0.25, 0.3) is 5.91 Å². The number of rotatable bonds is 6. The first-order chi connectivity index (χ1) is 11.9. The van der Waals surface area contributed by atoms with Crippen molar-refractivity contribution in [1.29, 1.82) is 0 Å². The van der Waals surface area contributed by atoms with E-state index in [1.54, 1.807) is 0 Å². The summed E-state index contributed by atoms with van der Waals surface area (Å²) in [6, 6.07) is 5.95. The van der Waals surface area contributed by atoms with E-state index in [0.717, 1.165) is 18.2 Å². The van der Waals surface area contributed by atoms with Crippen LogP contribution in [0.3, 0.4) is 0 Å². The second kappa shape index (κ2) is 8.27. The van der Waals surface area contributed by atoms with Crippen molar-refractivity contribution in [2.45, 2.75) is 13.0 Å². The third kappa shape index (κ3) is 5.03.